The van der Waals surface area contributed by atoms with E-state index < -0.39 is 49.5 Å². The molecule has 11 nitrogen and oxygen atoms in total. The highest BCUT2D eigenvalue weighted by Crippen LogP contribution is 2.22. The van der Waals surface area contributed by atoms with Gasteiger partial charge in [0.1, 0.15) is 24.4 Å². The molecule has 0 aromatic rings. The minimum absolute atomic E-state index is 0.0536. The van der Waals surface area contributed by atoms with E-state index in [1.807, 2.05) is 19.1 Å². The van der Waals surface area contributed by atoms with E-state index in [0.29, 0.717) is 32.3 Å². The molecule has 0 spiro atoms. The number of rotatable bonds is 44. The summed E-state index contributed by atoms with van der Waals surface area (Å²) in [6.45, 7) is 3.98. The van der Waals surface area contributed by atoms with Crippen molar-refractivity contribution in [2.24, 2.45) is 0 Å². The Morgan fingerprint density at radius 2 is 1.05 bits per heavy atom. The van der Waals surface area contributed by atoms with Crippen LogP contribution >= 0.6 is 0 Å². The molecular weight excluding hydrogens is 835 g/mol. The lowest BCUT2D eigenvalue weighted by Gasteiger charge is -2.40. The molecule has 1 saturated heterocycles. The van der Waals surface area contributed by atoms with Crippen LogP contribution in [-0.4, -0.2) is 100 Å². The molecule has 6 N–H and O–H groups in total. The molecule has 382 valence electrons. The molecule has 0 aliphatic carbocycles. The van der Waals surface area contributed by atoms with Crippen LogP contribution in [0.3, 0.4) is 0 Å². The Balaban J connectivity index is 2.13. The fraction of sp³-hybridized carbons (Fsp3) is 0.782. The summed E-state index contributed by atoms with van der Waals surface area (Å²) >= 11 is 0. The second-order valence-electron chi connectivity index (χ2n) is 18.2. The first-order valence-corrected chi connectivity index (χ1v) is 26.5. The summed E-state index contributed by atoms with van der Waals surface area (Å²) in [5.74, 6) is -0.281. The van der Waals surface area contributed by atoms with Crippen molar-refractivity contribution in [1.82, 2.24) is 5.32 Å². The number of hydrogen-bond donors (Lipinski definition) is 6. The summed E-state index contributed by atoms with van der Waals surface area (Å²) in [7, 11) is 0. The van der Waals surface area contributed by atoms with Crippen molar-refractivity contribution in [3.63, 3.8) is 0 Å². The van der Waals surface area contributed by atoms with Crippen molar-refractivity contribution in [3.8, 4) is 0 Å². The standard InChI is InChI=1S/C55H97NO10/c1-3-5-7-9-11-13-14-15-16-17-18-19-23-27-31-35-39-43-51(60)64-44-40-36-32-28-24-21-20-22-26-30-34-38-42-50(59)56-47(48(58)41-37-33-29-25-12-10-8-6-4-2)46-65-55-54(63)53(62)52(61)49(45-57)66-55/h4,6,12,15-16,21,24-25,37,41,47-49,52-55,57-58,61-63H,3,5,7-11,13-14,17-20,22-23,26-36,38-40,42-46H2,1-2H3,(H,56,59)/b6-4+,16-15-,24-21-,25-12+,41-37+. The van der Waals surface area contributed by atoms with Crippen molar-refractivity contribution in [2.75, 3.05) is 19.8 Å². The van der Waals surface area contributed by atoms with Crippen molar-refractivity contribution in [2.45, 2.75) is 256 Å². The smallest absolute Gasteiger partial charge is 0.305 e. The number of unbranched alkanes of at least 4 members (excludes halogenated alkanes) is 23. The van der Waals surface area contributed by atoms with E-state index >= 15 is 0 Å². The number of ether oxygens (including phenoxy) is 3. The Kier molecular flexibility index (Phi) is 41.7. The highest BCUT2D eigenvalue weighted by molar-refractivity contribution is 5.76. The molecule has 11 heteroatoms. The molecule has 1 fully saturated rings. The summed E-state index contributed by atoms with van der Waals surface area (Å²) in [5.41, 5.74) is 0. The number of amides is 1. The Hall–Kier alpha value is -2.64. The number of allylic oxidation sites excluding steroid dienone is 9. The van der Waals surface area contributed by atoms with Gasteiger partial charge in [-0.25, -0.2) is 0 Å². The normalized spacial score (nSPS) is 20.1. The molecule has 1 aliphatic rings. The van der Waals surface area contributed by atoms with Gasteiger partial charge in [-0.05, 0) is 110 Å². The molecule has 1 heterocycles. The monoisotopic (exact) mass is 932 g/mol. The van der Waals surface area contributed by atoms with Gasteiger partial charge < -0.3 is 45.1 Å². The summed E-state index contributed by atoms with van der Waals surface area (Å²) < 4.78 is 16.6. The summed E-state index contributed by atoms with van der Waals surface area (Å²) in [4.78, 5) is 25.0. The lowest BCUT2D eigenvalue weighted by Crippen LogP contribution is -2.60. The molecule has 0 aromatic carbocycles. The highest BCUT2D eigenvalue weighted by atomic mass is 16.7. The van der Waals surface area contributed by atoms with Crippen molar-refractivity contribution in [3.05, 3.63) is 60.8 Å². The summed E-state index contributed by atoms with van der Waals surface area (Å²) in [6.07, 6.45) is 46.2. The van der Waals surface area contributed by atoms with E-state index in [0.717, 1.165) is 89.9 Å². The number of hydrogen-bond acceptors (Lipinski definition) is 10. The maximum Gasteiger partial charge on any atom is 0.305 e. The molecule has 0 aromatic heterocycles. The van der Waals surface area contributed by atoms with Crippen molar-refractivity contribution in [1.29, 1.82) is 0 Å². The third kappa shape index (κ3) is 34.6. The largest absolute Gasteiger partial charge is 0.466 e. The Morgan fingerprint density at radius 3 is 1.59 bits per heavy atom. The topological polar surface area (TPSA) is 175 Å². The van der Waals surface area contributed by atoms with Gasteiger partial charge in [-0.1, -0.05) is 151 Å². The van der Waals surface area contributed by atoms with Crippen molar-refractivity contribution >= 4 is 11.9 Å². The van der Waals surface area contributed by atoms with Crippen LogP contribution in [-0.2, 0) is 23.8 Å². The molecule has 0 bridgehead atoms. The molecule has 1 rings (SSSR count). The van der Waals surface area contributed by atoms with E-state index in [4.69, 9.17) is 14.2 Å². The zero-order valence-electron chi connectivity index (χ0n) is 41.6. The van der Waals surface area contributed by atoms with Gasteiger partial charge in [-0.15, -0.1) is 0 Å². The van der Waals surface area contributed by atoms with Gasteiger partial charge >= 0.3 is 5.97 Å². The maximum absolute atomic E-state index is 12.9. The molecule has 1 amide bonds. The van der Waals surface area contributed by atoms with Crippen LogP contribution in [0.25, 0.3) is 0 Å². The number of carbonyl (C=O) groups is 2. The van der Waals surface area contributed by atoms with E-state index in [2.05, 4.69) is 54.8 Å². The Bertz CT molecular complexity index is 1280. The third-order valence-electron chi connectivity index (χ3n) is 12.1. The van der Waals surface area contributed by atoms with Gasteiger partial charge in [-0.3, -0.25) is 9.59 Å². The zero-order valence-corrected chi connectivity index (χ0v) is 41.6. The van der Waals surface area contributed by atoms with E-state index in [1.54, 1.807) is 6.08 Å². The summed E-state index contributed by atoms with van der Waals surface area (Å²) in [5, 5.41) is 54.0. The lowest BCUT2D eigenvalue weighted by molar-refractivity contribution is -0.302. The molecule has 0 radical (unpaired) electrons. The third-order valence-corrected chi connectivity index (χ3v) is 12.1. The summed E-state index contributed by atoms with van der Waals surface area (Å²) in [6, 6.07) is -0.853. The van der Waals surface area contributed by atoms with Gasteiger partial charge in [0.15, 0.2) is 6.29 Å². The molecule has 7 atom stereocenters. The number of aliphatic hydroxyl groups is 5. The fourth-order valence-electron chi connectivity index (χ4n) is 7.87. The lowest BCUT2D eigenvalue weighted by atomic mass is 9.99. The quantitative estimate of drug-likeness (QED) is 0.0196. The second-order valence-corrected chi connectivity index (χ2v) is 18.2. The first kappa shape index (κ1) is 61.4. The zero-order chi connectivity index (χ0) is 48.1. The van der Waals surface area contributed by atoms with E-state index in [1.165, 1.54) is 83.5 Å². The van der Waals surface area contributed by atoms with Gasteiger partial charge in [0, 0.05) is 12.8 Å². The maximum atomic E-state index is 12.9. The highest BCUT2D eigenvalue weighted by Gasteiger charge is 2.44. The minimum Gasteiger partial charge on any atom is -0.466 e. The van der Waals surface area contributed by atoms with Crippen LogP contribution < -0.4 is 5.32 Å². The number of esters is 1. The fourth-order valence-corrected chi connectivity index (χ4v) is 7.87. The van der Waals surface area contributed by atoms with Crippen LogP contribution in [0.1, 0.15) is 213 Å². The average molecular weight is 932 g/mol. The SMILES string of the molecule is C/C=C/CC/C=C/CC/C=C/C(O)C(COC1OC(CO)C(O)C(O)C1O)NC(=O)CCCCCCC/C=C\CCCCCOC(=O)CCCCCCCCC/C=C\CCCCCCCC. The second kappa shape index (κ2) is 44.8. The van der Waals surface area contributed by atoms with Crippen LogP contribution in [0.5, 0.6) is 0 Å². The molecule has 1 aliphatic heterocycles. The predicted molar refractivity (Wildman–Crippen MR) is 269 cm³/mol. The molecule has 0 saturated carbocycles. The predicted octanol–water partition coefficient (Wildman–Crippen LogP) is 11.1. The molecule has 66 heavy (non-hydrogen) atoms. The first-order chi connectivity index (χ1) is 32.2. The molecular formula is C55H97NO10. The minimum atomic E-state index is -1.59. The van der Waals surface area contributed by atoms with E-state index in [-0.39, 0.29) is 18.5 Å². The van der Waals surface area contributed by atoms with Gasteiger partial charge in [-0.2, -0.15) is 0 Å². The number of nitrogens with one attached hydrogen (secondary N) is 1. The number of carbonyl (C=O) groups excluding carboxylic acids is 2. The Morgan fingerprint density at radius 1 is 0.576 bits per heavy atom. The van der Waals surface area contributed by atoms with Crippen LogP contribution in [0.4, 0.5) is 0 Å². The van der Waals surface area contributed by atoms with Crippen LogP contribution in [0.2, 0.25) is 0 Å². The van der Waals surface area contributed by atoms with Crippen LogP contribution in [0, 0.1) is 0 Å². The van der Waals surface area contributed by atoms with E-state index in [9.17, 15) is 35.1 Å². The molecule has 7 unspecified atom stereocenters. The number of aliphatic hydroxyl groups excluding tert-OH is 5. The Labute approximate surface area is 401 Å². The van der Waals surface area contributed by atoms with Gasteiger partial charge in [0.2, 0.25) is 5.91 Å². The average Bonchev–Trinajstić information content (AvgIpc) is 3.31. The van der Waals surface area contributed by atoms with Gasteiger partial charge in [0.05, 0.1) is 32.0 Å². The first-order valence-electron chi connectivity index (χ1n) is 26.5. The van der Waals surface area contributed by atoms with Crippen LogP contribution in [0.15, 0.2) is 60.8 Å². The van der Waals surface area contributed by atoms with Gasteiger partial charge in [0.25, 0.3) is 0 Å². The van der Waals surface area contributed by atoms with Crippen molar-refractivity contribution < 1.29 is 49.3 Å².